The minimum atomic E-state index is -6.28. The molecule has 0 amide bonds. The van der Waals surface area contributed by atoms with Crippen LogP contribution in [0.1, 0.15) is 0 Å². The summed E-state index contributed by atoms with van der Waals surface area (Å²) >= 11 is 0. The second-order valence-electron chi connectivity index (χ2n) is 1.14. The molecule has 11 heavy (non-hydrogen) atoms. The average molecular weight is 196 g/mol. The zero-order valence-electron chi connectivity index (χ0n) is 4.64. The fourth-order valence-corrected chi connectivity index (χ4v) is 0.623. The van der Waals surface area contributed by atoms with Gasteiger partial charge in [-0.3, -0.25) is 0 Å². The third kappa shape index (κ3) is 5.53. The van der Waals surface area contributed by atoms with E-state index in [0.717, 1.165) is 0 Å². The minimum absolute atomic E-state index is 2.57. The van der Waals surface area contributed by atoms with E-state index in [9.17, 15) is 26.8 Å². The summed E-state index contributed by atoms with van der Waals surface area (Å²) in [6.07, 6.45) is -5.66. The summed E-state index contributed by atoms with van der Waals surface area (Å²) in [6.45, 7) is 0. The molecular formula is C2HF4O4P. The Kier molecular flexibility index (Phi) is 3.18. The van der Waals surface area contributed by atoms with Gasteiger partial charge in [-0.2, -0.15) is 0 Å². The van der Waals surface area contributed by atoms with Crippen molar-refractivity contribution in [1.29, 1.82) is 0 Å². The van der Waals surface area contributed by atoms with Crippen LogP contribution in [-0.2, 0) is 9.05 Å². The van der Waals surface area contributed by atoms with Gasteiger partial charge in [-0.25, -0.2) is 0 Å². The predicted octanol–water partition coefficient (Wildman–Crippen LogP) is 2.55. The molecule has 0 rings (SSSR count). The molecule has 9 heteroatoms. The van der Waals surface area contributed by atoms with E-state index in [4.69, 9.17) is 0 Å². The Labute approximate surface area is 57.8 Å². The van der Waals surface area contributed by atoms with Gasteiger partial charge >= 0.3 is 56.6 Å². The van der Waals surface area contributed by atoms with Crippen molar-refractivity contribution in [3.05, 3.63) is 0 Å². The topological polar surface area (TPSA) is 52.6 Å². The van der Waals surface area contributed by atoms with Crippen molar-refractivity contribution in [3.63, 3.8) is 0 Å². The van der Waals surface area contributed by atoms with E-state index in [-0.39, 0.29) is 0 Å². The van der Waals surface area contributed by atoms with E-state index in [2.05, 4.69) is 9.05 Å². The van der Waals surface area contributed by atoms with Gasteiger partial charge in [0.1, 0.15) is 0 Å². The molecule has 0 N–H and O–H groups in total. The molecule has 0 aromatic carbocycles. The summed E-state index contributed by atoms with van der Waals surface area (Å²) in [7, 11) is -6.28. The molecule has 0 aromatic rings. The first-order chi connectivity index (χ1) is 4.83. The summed E-state index contributed by atoms with van der Waals surface area (Å²) in [5.74, 6) is 0. The van der Waals surface area contributed by atoms with E-state index in [1.165, 1.54) is 0 Å². The monoisotopic (exact) mass is 196 g/mol. The summed E-state index contributed by atoms with van der Waals surface area (Å²) in [6, 6.07) is 0. The summed E-state index contributed by atoms with van der Waals surface area (Å²) < 4.78 is 50.6. The first kappa shape index (κ1) is 10.1. The van der Waals surface area contributed by atoms with Gasteiger partial charge in [0.15, 0.2) is 0 Å². The van der Waals surface area contributed by atoms with Gasteiger partial charge in [-0.15, -0.1) is 0 Å². The summed E-state index contributed by atoms with van der Waals surface area (Å²) in [4.78, 5) is 18.4. The van der Waals surface area contributed by atoms with Gasteiger partial charge in [0.2, 0.25) is 0 Å². The van der Waals surface area contributed by atoms with Gasteiger partial charge < -0.3 is 0 Å². The standard InChI is InChI=1S/C2HF4O4P/c3-1(7)9-11(5,6)10-2(4)8/h11H. The third-order valence-corrected chi connectivity index (χ3v) is 1.19. The first-order valence-electron chi connectivity index (χ1n) is 1.98. The maximum absolute atomic E-state index is 11.7. The van der Waals surface area contributed by atoms with Gasteiger partial charge in [-0.05, 0) is 0 Å². The Balaban J connectivity index is 3.99. The molecule has 0 saturated carbocycles. The molecule has 0 fully saturated rings. The van der Waals surface area contributed by atoms with Crippen LogP contribution in [0, 0.1) is 0 Å². The molecule has 0 saturated heterocycles. The fraction of sp³-hybridized carbons (Fsp3) is 0. The zero-order chi connectivity index (χ0) is 9.07. The Morgan fingerprint density at radius 1 is 1.00 bits per heavy atom. The molecule has 0 spiro atoms. The molecule has 66 valence electrons. The second kappa shape index (κ2) is 3.47. The molecule has 0 aliphatic carbocycles. The van der Waals surface area contributed by atoms with Gasteiger partial charge in [-0.1, -0.05) is 0 Å². The molecule has 0 bridgehead atoms. The number of hydrogen-bond donors (Lipinski definition) is 0. The van der Waals surface area contributed by atoms with Crippen molar-refractivity contribution in [3.8, 4) is 0 Å². The van der Waals surface area contributed by atoms with Crippen LogP contribution >= 0.6 is 8.34 Å². The number of carbonyl (C=O) groups excluding carboxylic acids is 2. The van der Waals surface area contributed by atoms with Crippen LogP contribution in [0.4, 0.5) is 26.8 Å². The van der Waals surface area contributed by atoms with Crippen molar-refractivity contribution in [1.82, 2.24) is 0 Å². The van der Waals surface area contributed by atoms with Crippen LogP contribution in [0.15, 0.2) is 0 Å². The van der Waals surface area contributed by atoms with Gasteiger partial charge in [0, 0.05) is 0 Å². The van der Waals surface area contributed by atoms with Crippen LogP contribution in [0.5, 0.6) is 0 Å². The molecule has 0 aliphatic heterocycles. The van der Waals surface area contributed by atoms with Gasteiger partial charge in [0.25, 0.3) is 0 Å². The van der Waals surface area contributed by atoms with Crippen LogP contribution in [0.25, 0.3) is 0 Å². The molecule has 0 aliphatic rings. The van der Waals surface area contributed by atoms with E-state index in [0.29, 0.717) is 0 Å². The Morgan fingerprint density at radius 3 is 1.45 bits per heavy atom. The van der Waals surface area contributed by atoms with E-state index < -0.39 is 20.8 Å². The number of hydrogen-bond acceptors (Lipinski definition) is 4. The SMILES string of the molecule is O=C(F)O[PH](F)(F)OC(=O)F. The van der Waals surface area contributed by atoms with Crippen molar-refractivity contribution < 1.29 is 35.8 Å². The molecule has 4 nitrogen and oxygen atoms in total. The van der Waals surface area contributed by atoms with Crippen molar-refractivity contribution in [2.45, 2.75) is 0 Å². The molecule has 0 heterocycles. The molecular weight excluding hydrogens is 195 g/mol. The van der Waals surface area contributed by atoms with Crippen LogP contribution in [0.2, 0.25) is 0 Å². The average Bonchev–Trinajstić information content (AvgIpc) is 1.53. The summed E-state index contributed by atoms with van der Waals surface area (Å²) in [5, 5.41) is 0. The summed E-state index contributed by atoms with van der Waals surface area (Å²) in [5.41, 5.74) is 0. The molecule has 0 aromatic heterocycles. The number of rotatable bonds is 2. The van der Waals surface area contributed by atoms with Crippen LogP contribution in [0.3, 0.4) is 0 Å². The molecule has 0 atom stereocenters. The van der Waals surface area contributed by atoms with E-state index in [1.54, 1.807) is 0 Å². The van der Waals surface area contributed by atoms with E-state index in [1.807, 2.05) is 0 Å². The van der Waals surface area contributed by atoms with Crippen molar-refractivity contribution >= 4 is 20.8 Å². The van der Waals surface area contributed by atoms with Gasteiger partial charge in [0.05, 0.1) is 0 Å². The fourth-order valence-electron chi connectivity index (χ4n) is 0.208. The van der Waals surface area contributed by atoms with Crippen LogP contribution < -0.4 is 0 Å². The normalized spacial score (nSPS) is 12.0. The Morgan fingerprint density at radius 2 is 1.27 bits per heavy atom. The number of halogens is 4. The van der Waals surface area contributed by atoms with Crippen molar-refractivity contribution in [2.24, 2.45) is 0 Å². The zero-order valence-corrected chi connectivity index (χ0v) is 5.64. The predicted molar refractivity (Wildman–Crippen MR) is 25.7 cm³/mol. The number of carbonyl (C=O) groups is 2. The first-order valence-corrected chi connectivity index (χ1v) is 3.55. The van der Waals surface area contributed by atoms with Crippen molar-refractivity contribution in [2.75, 3.05) is 0 Å². The third-order valence-electron chi connectivity index (χ3n) is 0.398. The maximum atomic E-state index is 11.7. The molecule has 0 unspecified atom stereocenters. The Hall–Kier alpha value is -0.910. The van der Waals surface area contributed by atoms with Crippen LogP contribution in [-0.4, -0.2) is 12.4 Å². The van der Waals surface area contributed by atoms with E-state index >= 15 is 0 Å². The Bertz CT molecular complexity index is 163. The molecule has 0 radical (unpaired) electrons. The quantitative estimate of drug-likeness (QED) is 0.386. The second-order valence-corrected chi connectivity index (χ2v) is 2.48.